The maximum Gasteiger partial charge on any atom is 0.0504 e. The van der Waals surface area contributed by atoms with Crippen molar-refractivity contribution in [2.24, 2.45) is 0 Å². The third-order valence-electron chi connectivity index (χ3n) is 2.37. The van der Waals surface area contributed by atoms with Crippen LogP contribution in [0.5, 0.6) is 0 Å². The summed E-state index contributed by atoms with van der Waals surface area (Å²) in [6.07, 6.45) is 0. The van der Waals surface area contributed by atoms with Crippen LogP contribution in [-0.4, -0.2) is 11.6 Å². The van der Waals surface area contributed by atoms with E-state index in [2.05, 4.69) is 42.6 Å². The molecular weight excluding hydrogens is 166 g/mol. The molecule has 2 rings (SSSR count). The van der Waals surface area contributed by atoms with E-state index in [-0.39, 0.29) is 5.54 Å². The fourth-order valence-electron chi connectivity index (χ4n) is 1.51. The molecule has 12 heavy (non-hydrogen) atoms. The maximum atomic E-state index is 3.51. The Balaban J connectivity index is 2.29. The lowest BCUT2D eigenvalue weighted by Gasteiger charge is -2.23. The van der Waals surface area contributed by atoms with Gasteiger partial charge in [0.25, 0.3) is 0 Å². The van der Waals surface area contributed by atoms with Crippen LogP contribution in [0.2, 0.25) is 0 Å². The van der Waals surface area contributed by atoms with Gasteiger partial charge in [0, 0.05) is 11.6 Å². The number of rotatable bonds is 1. The van der Waals surface area contributed by atoms with E-state index < -0.39 is 0 Å². The minimum atomic E-state index is 0.200. The summed E-state index contributed by atoms with van der Waals surface area (Å²) in [5.74, 6) is 2.25. The van der Waals surface area contributed by atoms with Gasteiger partial charge in [0.05, 0.1) is 5.54 Å². The molecule has 1 saturated heterocycles. The van der Waals surface area contributed by atoms with Gasteiger partial charge in [0.1, 0.15) is 0 Å². The van der Waals surface area contributed by atoms with E-state index in [4.69, 9.17) is 0 Å². The highest BCUT2D eigenvalue weighted by Crippen LogP contribution is 2.29. The third kappa shape index (κ3) is 1.37. The van der Waals surface area contributed by atoms with Gasteiger partial charge in [-0.3, -0.25) is 5.32 Å². The predicted molar refractivity (Wildman–Crippen MR) is 54.3 cm³/mol. The number of nitrogens with one attached hydrogen (secondary N) is 1. The fraction of sp³-hybridized carbons (Fsp3) is 0.400. The molecule has 0 saturated carbocycles. The average Bonchev–Trinajstić information content (AvgIpc) is 2.55. The van der Waals surface area contributed by atoms with Crippen LogP contribution in [0.4, 0.5) is 0 Å². The Morgan fingerprint density at radius 3 is 2.67 bits per heavy atom. The molecule has 1 unspecified atom stereocenters. The van der Waals surface area contributed by atoms with Gasteiger partial charge in [-0.05, 0) is 12.5 Å². The van der Waals surface area contributed by atoms with Crippen LogP contribution in [0.3, 0.4) is 0 Å². The minimum Gasteiger partial charge on any atom is -0.298 e. The second-order valence-electron chi connectivity index (χ2n) is 3.37. The SMILES string of the molecule is CC1(c2ccccc2)CSCN1. The van der Waals surface area contributed by atoms with Crippen molar-refractivity contribution in [2.75, 3.05) is 11.6 Å². The molecule has 0 amide bonds. The quantitative estimate of drug-likeness (QED) is 0.709. The Hall–Kier alpha value is -0.470. The first-order valence-electron chi connectivity index (χ1n) is 4.20. The van der Waals surface area contributed by atoms with E-state index in [0.29, 0.717) is 0 Å². The number of hydrogen-bond acceptors (Lipinski definition) is 2. The van der Waals surface area contributed by atoms with Crippen LogP contribution in [-0.2, 0) is 5.54 Å². The largest absolute Gasteiger partial charge is 0.298 e. The van der Waals surface area contributed by atoms with Gasteiger partial charge in [0.15, 0.2) is 0 Å². The first kappa shape index (κ1) is 8.14. The van der Waals surface area contributed by atoms with Gasteiger partial charge in [-0.25, -0.2) is 0 Å². The van der Waals surface area contributed by atoms with Gasteiger partial charge in [0.2, 0.25) is 0 Å². The van der Waals surface area contributed by atoms with Crippen molar-refractivity contribution in [1.82, 2.24) is 5.32 Å². The van der Waals surface area contributed by atoms with Gasteiger partial charge in [-0.15, -0.1) is 11.8 Å². The molecule has 1 aromatic rings. The van der Waals surface area contributed by atoms with Crippen LogP contribution in [0.1, 0.15) is 12.5 Å². The van der Waals surface area contributed by atoms with Gasteiger partial charge >= 0.3 is 0 Å². The highest BCUT2D eigenvalue weighted by molar-refractivity contribution is 7.99. The second kappa shape index (κ2) is 3.11. The summed E-state index contributed by atoms with van der Waals surface area (Å²) in [7, 11) is 0. The first-order valence-corrected chi connectivity index (χ1v) is 5.35. The molecule has 0 spiro atoms. The molecule has 1 N–H and O–H groups in total. The van der Waals surface area contributed by atoms with Gasteiger partial charge < -0.3 is 0 Å². The molecule has 1 aliphatic heterocycles. The summed E-state index contributed by atoms with van der Waals surface area (Å²) < 4.78 is 0. The average molecular weight is 179 g/mol. The van der Waals surface area contributed by atoms with Crippen molar-refractivity contribution < 1.29 is 0 Å². The highest BCUT2D eigenvalue weighted by atomic mass is 32.2. The molecule has 0 aliphatic carbocycles. The molecule has 0 bridgehead atoms. The molecule has 1 aliphatic rings. The zero-order chi connectivity index (χ0) is 8.44. The van der Waals surface area contributed by atoms with Crippen LogP contribution in [0.15, 0.2) is 30.3 Å². The van der Waals surface area contributed by atoms with Crippen molar-refractivity contribution in [3.05, 3.63) is 35.9 Å². The Labute approximate surface area is 77.6 Å². The summed E-state index contributed by atoms with van der Waals surface area (Å²) in [6, 6.07) is 10.7. The van der Waals surface area contributed by atoms with E-state index >= 15 is 0 Å². The lowest BCUT2D eigenvalue weighted by molar-refractivity contribution is 0.466. The Kier molecular flexibility index (Phi) is 2.11. The normalized spacial score (nSPS) is 29.1. The third-order valence-corrected chi connectivity index (χ3v) is 3.50. The van der Waals surface area contributed by atoms with Crippen LogP contribution in [0, 0.1) is 0 Å². The number of benzene rings is 1. The molecular formula is C10H13NS. The molecule has 2 heteroatoms. The molecule has 0 aromatic heterocycles. The molecule has 1 aromatic carbocycles. The van der Waals surface area contributed by atoms with E-state index in [9.17, 15) is 0 Å². The highest BCUT2D eigenvalue weighted by Gasteiger charge is 2.29. The first-order chi connectivity index (χ1) is 5.81. The Morgan fingerprint density at radius 1 is 1.33 bits per heavy atom. The zero-order valence-corrected chi connectivity index (χ0v) is 8.03. The van der Waals surface area contributed by atoms with Gasteiger partial charge in [-0.1, -0.05) is 30.3 Å². The Bertz CT molecular complexity index is 252. The fourth-order valence-corrected chi connectivity index (χ4v) is 2.71. The zero-order valence-electron chi connectivity index (χ0n) is 7.21. The molecule has 1 nitrogen and oxygen atoms in total. The summed E-state index contributed by atoms with van der Waals surface area (Å²) in [5.41, 5.74) is 1.60. The van der Waals surface area contributed by atoms with Crippen LogP contribution >= 0.6 is 11.8 Å². The minimum absolute atomic E-state index is 0.200. The molecule has 64 valence electrons. The van der Waals surface area contributed by atoms with Crippen LogP contribution < -0.4 is 5.32 Å². The molecule has 1 heterocycles. The van der Waals surface area contributed by atoms with E-state index in [1.807, 2.05) is 11.8 Å². The molecule has 0 radical (unpaired) electrons. The lowest BCUT2D eigenvalue weighted by Crippen LogP contribution is -2.35. The summed E-state index contributed by atoms with van der Waals surface area (Å²) >= 11 is 1.96. The summed E-state index contributed by atoms with van der Waals surface area (Å²) in [6.45, 7) is 2.27. The van der Waals surface area contributed by atoms with Crippen molar-refractivity contribution in [2.45, 2.75) is 12.5 Å². The van der Waals surface area contributed by atoms with Crippen molar-refractivity contribution >= 4 is 11.8 Å². The van der Waals surface area contributed by atoms with Crippen LogP contribution in [0.25, 0.3) is 0 Å². The van der Waals surface area contributed by atoms with Crippen molar-refractivity contribution in [1.29, 1.82) is 0 Å². The Morgan fingerprint density at radius 2 is 2.08 bits per heavy atom. The van der Waals surface area contributed by atoms with E-state index in [0.717, 1.165) is 5.88 Å². The van der Waals surface area contributed by atoms with Crippen molar-refractivity contribution in [3.63, 3.8) is 0 Å². The lowest BCUT2D eigenvalue weighted by atomic mass is 9.95. The number of hydrogen-bond donors (Lipinski definition) is 1. The van der Waals surface area contributed by atoms with E-state index in [1.54, 1.807) is 0 Å². The molecule has 1 fully saturated rings. The number of thioether (sulfide) groups is 1. The standard InChI is InChI=1S/C10H13NS/c1-10(7-12-8-11-10)9-5-3-2-4-6-9/h2-6,11H,7-8H2,1H3. The van der Waals surface area contributed by atoms with Crippen molar-refractivity contribution in [3.8, 4) is 0 Å². The smallest absolute Gasteiger partial charge is 0.0504 e. The van der Waals surface area contributed by atoms with E-state index in [1.165, 1.54) is 11.3 Å². The van der Waals surface area contributed by atoms with Gasteiger partial charge in [-0.2, -0.15) is 0 Å². The maximum absolute atomic E-state index is 3.51. The second-order valence-corrected chi connectivity index (χ2v) is 4.35. The summed E-state index contributed by atoms with van der Waals surface area (Å²) in [5, 5.41) is 3.51. The topological polar surface area (TPSA) is 12.0 Å². The monoisotopic (exact) mass is 179 g/mol. The molecule has 1 atom stereocenters. The summed E-state index contributed by atoms with van der Waals surface area (Å²) in [4.78, 5) is 0. The predicted octanol–water partition coefficient (Wildman–Crippen LogP) is 2.20.